The van der Waals surface area contributed by atoms with E-state index in [1.54, 1.807) is 27.4 Å². The van der Waals surface area contributed by atoms with Gasteiger partial charge in [0.2, 0.25) is 10.0 Å². The fourth-order valence-electron chi connectivity index (χ4n) is 4.50. The van der Waals surface area contributed by atoms with E-state index in [4.69, 9.17) is 0 Å². The molecule has 6 nitrogen and oxygen atoms in total. The van der Waals surface area contributed by atoms with E-state index in [0.29, 0.717) is 31.0 Å². The Hall–Kier alpha value is -1.60. The van der Waals surface area contributed by atoms with E-state index >= 15 is 0 Å². The third kappa shape index (κ3) is 3.85. The predicted octanol–water partition coefficient (Wildman–Crippen LogP) is 3.27. The number of anilines is 1. The van der Waals surface area contributed by atoms with Gasteiger partial charge in [0.1, 0.15) is 0 Å². The lowest BCUT2D eigenvalue weighted by atomic mass is 9.96. The second-order valence-electron chi connectivity index (χ2n) is 7.94. The molecule has 1 aromatic rings. The maximum absolute atomic E-state index is 12.9. The number of carbonyl (C=O) groups excluding carboxylic acids is 1. The van der Waals surface area contributed by atoms with Gasteiger partial charge < -0.3 is 5.32 Å². The van der Waals surface area contributed by atoms with Gasteiger partial charge in [0.25, 0.3) is 0 Å². The van der Waals surface area contributed by atoms with Crippen LogP contribution in [0.25, 0.3) is 0 Å². The molecule has 2 aliphatic heterocycles. The molecule has 1 saturated carbocycles. The van der Waals surface area contributed by atoms with Gasteiger partial charge in [-0.05, 0) is 55.9 Å². The van der Waals surface area contributed by atoms with E-state index in [0.717, 1.165) is 43.4 Å². The van der Waals surface area contributed by atoms with Crippen molar-refractivity contribution < 1.29 is 13.2 Å². The van der Waals surface area contributed by atoms with E-state index < -0.39 is 10.0 Å². The summed E-state index contributed by atoms with van der Waals surface area (Å²) in [4.78, 5) is 14.8. The van der Waals surface area contributed by atoms with E-state index in [9.17, 15) is 13.2 Å². The van der Waals surface area contributed by atoms with Gasteiger partial charge in [0, 0.05) is 31.4 Å². The number of nitrogens with zero attached hydrogens (tertiary/aromatic N) is 2. The Bertz CT molecular complexity index is 797. The van der Waals surface area contributed by atoms with E-state index in [1.807, 2.05) is 0 Å². The van der Waals surface area contributed by atoms with Gasteiger partial charge in [0.15, 0.2) is 0 Å². The van der Waals surface area contributed by atoms with Crippen molar-refractivity contribution in [1.29, 1.82) is 0 Å². The lowest BCUT2D eigenvalue weighted by Crippen LogP contribution is -2.45. The highest BCUT2D eigenvalue weighted by Crippen LogP contribution is 2.32. The highest BCUT2D eigenvalue weighted by Gasteiger charge is 2.30. The Kier molecular flexibility index (Phi) is 5.41. The molecular formula is C20H29N3O3S. The lowest BCUT2D eigenvalue weighted by Gasteiger charge is -2.27. The zero-order chi connectivity index (χ0) is 18.9. The first-order chi connectivity index (χ1) is 13.1. The third-order valence-corrected chi connectivity index (χ3v) is 7.97. The summed E-state index contributed by atoms with van der Waals surface area (Å²) >= 11 is 0. The summed E-state index contributed by atoms with van der Waals surface area (Å²) in [6.07, 6.45) is 9.39. The SMILES string of the molecule is O=C(NC1CCCCC1)N1CCc2cc(S(=O)(=O)N3CCCCC3)ccc21. The van der Waals surface area contributed by atoms with E-state index in [1.165, 1.54) is 19.3 Å². The second kappa shape index (κ2) is 7.80. The summed E-state index contributed by atoms with van der Waals surface area (Å²) in [6, 6.07) is 5.46. The van der Waals surface area contributed by atoms with Crippen LogP contribution < -0.4 is 10.2 Å². The first kappa shape index (κ1) is 18.7. The van der Waals surface area contributed by atoms with Gasteiger partial charge in [-0.15, -0.1) is 0 Å². The molecule has 1 N–H and O–H groups in total. The van der Waals surface area contributed by atoms with Gasteiger partial charge >= 0.3 is 6.03 Å². The normalized spacial score (nSPS) is 21.9. The van der Waals surface area contributed by atoms with Crippen molar-refractivity contribution in [1.82, 2.24) is 9.62 Å². The number of sulfonamides is 1. The summed E-state index contributed by atoms with van der Waals surface area (Å²) in [5, 5.41) is 3.16. The molecule has 0 radical (unpaired) electrons. The van der Waals surface area contributed by atoms with Crippen LogP contribution in [0.4, 0.5) is 10.5 Å². The van der Waals surface area contributed by atoms with Crippen LogP contribution in [0.2, 0.25) is 0 Å². The number of hydrogen-bond donors (Lipinski definition) is 1. The Labute approximate surface area is 162 Å². The smallest absolute Gasteiger partial charge is 0.322 e. The molecule has 0 atom stereocenters. The van der Waals surface area contributed by atoms with Crippen LogP contribution in [-0.2, 0) is 16.4 Å². The Balaban J connectivity index is 1.49. The van der Waals surface area contributed by atoms with Crippen molar-refractivity contribution in [2.45, 2.75) is 68.7 Å². The van der Waals surface area contributed by atoms with Crippen LogP contribution >= 0.6 is 0 Å². The number of piperidine rings is 1. The molecule has 4 rings (SSSR count). The summed E-state index contributed by atoms with van der Waals surface area (Å²) in [5.41, 5.74) is 1.80. The zero-order valence-corrected chi connectivity index (χ0v) is 16.6. The van der Waals surface area contributed by atoms with Crippen molar-refractivity contribution in [2.24, 2.45) is 0 Å². The number of benzene rings is 1. The van der Waals surface area contributed by atoms with Crippen LogP contribution in [0.5, 0.6) is 0 Å². The molecule has 1 aromatic carbocycles. The number of rotatable bonds is 3. The molecule has 27 heavy (non-hydrogen) atoms. The van der Waals surface area contributed by atoms with Crippen LogP contribution in [0.15, 0.2) is 23.1 Å². The van der Waals surface area contributed by atoms with Gasteiger partial charge in [-0.2, -0.15) is 4.31 Å². The maximum Gasteiger partial charge on any atom is 0.322 e. The highest BCUT2D eigenvalue weighted by atomic mass is 32.2. The first-order valence-electron chi connectivity index (χ1n) is 10.3. The Morgan fingerprint density at radius 2 is 1.67 bits per heavy atom. The first-order valence-corrected chi connectivity index (χ1v) is 11.7. The molecular weight excluding hydrogens is 362 g/mol. The molecule has 1 aliphatic carbocycles. The van der Waals surface area contributed by atoms with Crippen LogP contribution in [-0.4, -0.2) is 44.4 Å². The number of carbonyl (C=O) groups is 1. The number of amides is 2. The minimum atomic E-state index is -3.43. The molecule has 7 heteroatoms. The minimum absolute atomic E-state index is 0.0488. The summed E-state index contributed by atoms with van der Waals surface area (Å²) in [6.45, 7) is 1.83. The molecule has 2 heterocycles. The van der Waals surface area contributed by atoms with Crippen LogP contribution in [0, 0.1) is 0 Å². The molecule has 0 aromatic heterocycles. The standard InChI is InChI=1S/C20H29N3O3S/c24-20(21-17-7-3-1-4-8-17)23-14-11-16-15-18(9-10-19(16)23)27(25,26)22-12-5-2-6-13-22/h9-10,15,17H,1-8,11-14H2,(H,21,24). The number of urea groups is 1. The topological polar surface area (TPSA) is 69.7 Å². The fraction of sp³-hybridized carbons (Fsp3) is 0.650. The third-order valence-electron chi connectivity index (χ3n) is 6.08. The number of hydrogen-bond acceptors (Lipinski definition) is 3. The van der Waals surface area contributed by atoms with Crippen LogP contribution in [0.3, 0.4) is 0 Å². The Morgan fingerprint density at radius 1 is 0.963 bits per heavy atom. The highest BCUT2D eigenvalue weighted by molar-refractivity contribution is 7.89. The maximum atomic E-state index is 12.9. The van der Waals surface area contributed by atoms with Gasteiger partial charge in [0.05, 0.1) is 4.90 Å². The van der Waals surface area contributed by atoms with Crippen molar-refractivity contribution in [2.75, 3.05) is 24.5 Å². The molecule has 148 valence electrons. The molecule has 2 amide bonds. The van der Waals surface area contributed by atoms with E-state index in [-0.39, 0.29) is 12.1 Å². The minimum Gasteiger partial charge on any atom is -0.335 e. The monoisotopic (exact) mass is 391 g/mol. The number of fused-ring (bicyclic) bond motifs is 1. The number of nitrogens with one attached hydrogen (secondary N) is 1. The quantitative estimate of drug-likeness (QED) is 0.860. The van der Waals surface area contributed by atoms with Gasteiger partial charge in [-0.1, -0.05) is 25.7 Å². The molecule has 0 bridgehead atoms. The predicted molar refractivity (Wildman–Crippen MR) is 106 cm³/mol. The van der Waals surface area contributed by atoms with Crippen molar-refractivity contribution >= 4 is 21.7 Å². The second-order valence-corrected chi connectivity index (χ2v) is 9.88. The van der Waals surface area contributed by atoms with E-state index in [2.05, 4.69) is 5.32 Å². The summed E-state index contributed by atoms with van der Waals surface area (Å²) in [5.74, 6) is 0. The summed E-state index contributed by atoms with van der Waals surface area (Å²) < 4.78 is 27.4. The average Bonchev–Trinajstić information content (AvgIpc) is 3.13. The molecule has 3 aliphatic rings. The average molecular weight is 392 g/mol. The Morgan fingerprint density at radius 3 is 2.41 bits per heavy atom. The largest absolute Gasteiger partial charge is 0.335 e. The van der Waals surface area contributed by atoms with Crippen molar-refractivity contribution in [3.63, 3.8) is 0 Å². The lowest BCUT2D eigenvalue weighted by molar-refractivity contribution is 0.238. The van der Waals surface area contributed by atoms with Gasteiger partial charge in [-0.25, -0.2) is 13.2 Å². The molecule has 1 saturated heterocycles. The van der Waals surface area contributed by atoms with Crippen LogP contribution in [0.1, 0.15) is 56.9 Å². The zero-order valence-electron chi connectivity index (χ0n) is 15.8. The summed E-state index contributed by atoms with van der Waals surface area (Å²) in [7, 11) is -3.43. The fourth-order valence-corrected chi connectivity index (χ4v) is 6.07. The molecule has 0 spiro atoms. The van der Waals surface area contributed by atoms with Crippen molar-refractivity contribution in [3.05, 3.63) is 23.8 Å². The van der Waals surface area contributed by atoms with Gasteiger partial charge in [-0.3, -0.25) is 4.90 Å². The van der Waals surface area contributed by atoms with Crippen molar-refractivity contribution in [3.8, 4) is 0 Å². The molecule has 2 fully saturated rings. The molecule has 0 unspecified atom stereocenters.